The van der Waals surface area contributed by atoms with E-state index in [1.807, 2.05) is 12.3 Å². The molecule has 2 heteroatoms. The van der Waals surface area contributed by atoms with Gasteiger partial charge < -0.3 is 5.11 Å². The van der Waals surface area contributed by atoms with Gasteiger partial charge in [-0.05, 0) is 49.1 Å². The molecule has 1 heterocycles. The molecule has 0 radical (unpaired) electrons. The van der Waals surface area contributed by atoms with Gasteiger partial charge in [-0.2, -0.15) is 0 Å². The van der Waals surface area contributed by atoms with Crippen LogP contribution in [0.3, 0.4) is 0 Å². The first-order valence-electron chi connectivity index (χ1n) is 7.39. The summed E-state index contributed by atoms with van der Waals surface area (Å²) in [5, 5.41) is 10.9. The normalized spacial score (nSPS) is 27.1. The van der Waals surface area contributed by atoms with Crippen LogP contribution in [0.5, 0.6) is 0 Å². The van der Waals surface area contributed by atoms with Gasteiger partial charge in [-0.15, -0.1) is 0 Å². The van der Waals surface area contributed by atoms with E-state index in [2.05, 4.69) is 18.0 Å². The molecular weight excluding hydrogens is 222 g/mol. The van der Waals surface area contributed by atoms with Crippen molar-refractivity contribution >= 4 is 0 Å². The zero-order chi connectivity index (χ0) is 12.6. The Hall–Kier alpha value is -0.890. The van der Waals surface area contributed by atoms with Crippen molar-refractivity contribution in [1.82, 2.24) is 4.98 Å². The molecule has 0 spiro atoms. The van der Waals surface area contributed by atoms with Gasteiger partial charge in [-0.3, -0.25) is 4.98 Å². The average molecular weight is 245 g/mol. The van der Waals surface area contributed by atoms with Gasteiger partial charge in [0.25, 0.3) is 0 Å². The maximum atomic E-state index is 10.9. The monoisotopic (exact) mass is 245 g/mol. The number of aliphatic hydroxyl groups is 1. The summed E-state index contributed by atoms with van der Waals surface area (Å²) in [6.07, 6.45) is 9.91. The molecule has 0 saturated heterocycles. The van der Waals surface area contributed by atoms with E-state index in [9.17, 15) is 5.11 Å². The molecule has 1 aromatic rings. The summed E-state index contributed by atoms with van der Waals surface area (Å²) in [5.74, 6) is 0.277. The van der Waals surface area contributed by atoms with Crippen LogP contribution in [0.25, 0.3) is 0 Å². The molecule has 1 N–H and O–H groups in total. The van der Waals surface area contributed by atoms with Crippen molar-refractivity contribution < 1.29 is 5.11 Å². The van der Waals surface area contributed by atoms with Gasteiger partial charge in [-0.25, -0.2) is 0 Å². The van der Waals surface area contributed by atoms with Crippen LogP contribution in [-0.4, -0.2) is 16.2 Å². The Balaban J connectivity index is 1.88. The lowest BCUT2D eigenvalue weighted by atomic mass is 9.72. The van der Waals surface area contributed by atoms with E-state index in [-0.39, 0.29) is 17.4 Å². The lowest BCUT2D eigenvalue weighted by Gasteiger charge is -2.37. The van der Waals surface area contributed by atoms with Crippen LogP contribution >= 0.6 is 0 Å². The smallest absolute Gasteiger partial charge is 0.0680 e. The molecular formula is C16H23NO. The van der Waals surface area contributed by atoms with Crippen molar-refractivity contribution in [2.45, 2.75) is 63.9 Å². The first kappa shape index (κ1) is 12.2. The Morgan fingerprint density at radius 3 is 2.94 bits per heavy atom. The Bertz CT molecular complexity index is 423. The maximum Gasteiger partial charge on any atom is 0.0680 e. The van der Waals surface area contributed by atoms with E-state index in [0.29, 0.717) is 0 Å². The minimum Gasteiger partial charge on any atom is -0.392 e. The minimum atomic E-state index is -0.193. The number of pyridine rings is 1. The minimum absolute atomic E-state index is 0.170. The van der Waals surface area contributed by atoms with E-state index in [1.54, 1.807) is 0 Å². The summed E-state index contributed by atoms with van der Waals surface area (Å²) in [6.45, 7) is 2.24. The van der Waals surface area contributed by atoms with Gasteiger partial charge in [0, 0.05) is 17.8 Å². The van der Waals surface area contributed by atoms with E-state index in [0.717, 1.165) is 19.3 Å². The van der Waals surface area contributed by atoms with E-state index in [1.165, 1.54) is 36.9 Å². The fourth-order valence-corrected chi connectivity index (χ4v) is 4.12. The number of aliphatic hydroxyl groups excluding tert-OH is 1. The van der Waals surface area contributed by atoms with Crippen LogP contribution < -0.4 is 0 Å². The molecule has 1 saturated carbocycles. The molecule has 2 nitrogen and oxygen atoms in total. The van der Waals surface area contributed by atoms with Crippen LogP contribution in [0.2, 0.25) is 0 Å². The number of nitrogens with zero attached hydrogens (tertiary/aromatic N) is 1. The Labute approximate surface area is 109 Å². The predicted molar refractivity (Wildman–Crippen MR) is 72.5 cm³/mol. The number of hydrogen-bond donors (Lipinski definition) is 1. The summed E-state index contributed by atoms with van der Waals surface area (Å²) < 4.78 is 0. The van der Waals surface area contributed by atoms with Crippen molar-refractivity contribution in [3.05, 3.63) is 29.6 Å². The Morgan fingerprint density at radius 2 is 2.22 bits per heavy atom. The lowest BCUT2D eigenvalue weighted by Crippen LogP contribution is -2.36. The third-order valence-electron chi connectivity index (χ3n) is 5.31. The standard InChI is InChI=1S/C16H23NO/c1-2-16(9-3-4-10-16)15(18)13-8-7-12-6-5-11-17-14(12)13/h5-6,11,13,15,18H,2-4,7-10H2,1H3. The predicted octanol–water partition coefficient (Wildman–Crippen LogP) is 3.44. The molecule has 0 aliphatic heterocycles. The van der Waals surface area contributed by atoms with Crippen LogP contribution in [0, 0.1) is 5.41 Å². The number of rotatable bonds is 3. The molecule has 2 aliphatic carbocycles. The number of aromatic nitrogens is 1. The van der Waals surface area contributed by atoms with Crippen LogP contribution in [-0.2, 0) is 6.42 Å². The van der Waals surface area contributed by atoms with Crippen molar-refractivity contribution in [2.24, 2.45) is 5.41 Å². The van der Waals surface area contributed by atoms with Gasteiger partial charge in [0.05, 0.1) is 6.10 Å². The van der Waals surface area contributed by atoms with Gasteiger partial charge in [0.2, 0.25) is 0 Å². The molecule has 3 rings (SSSR count). The molecule has 1 fully saturated rings. The topological polar surface area (TPSA) is 33.1 Å². The third kappa shape index (κ3) is 1.78. The summed E-state index contributed by atoms with van der Waals surface area (Å²) >= 11 is 0. The zero-order valence-electron chi connectivity index (χ0n) is 11.2. The molecule has 2 atom stereocenters. The molecule has 1 aromatic heterocycles. The van der Waals surface area contributed by atoms with E-state index in [4.69, 9.17) is 0 Å². The van der Waals surface area contributed by atoms with E-state index < -0.39 is 0 Å². The van der Waals surface area contributed by atoms with Crippen LogP contribution in [0.4, 0.5) is 0 Å². The fraction of sp³-hybridized carbons (Fsp3) is 0.688. The largest absolute Gasteiger partial charge is 0.392 e. The highest BCUT2D eigenvalue weighted by Gasteiger charge is 2.45. The van der Waals surface area contributed by atoms with Gasteiger partial charge in [0.15, 0.2) is 0 Å². The summed E-state index contributed by atoms with van der Waals surface area (Å²) in [7, 11) is 0. The summed E-state index contributed by atoms with van der Waals surface area (Å²) in [6, 6.07) is 4.18. The number of fused-ring (bicyclic) bond motifs is 1. The fourth-order valence-electron chi connectivity index (χ4n) is 4.12. The molecule has 98 valence electrons. The van der Waals surface area contributed by atoms with Crippen molar-refractivity contribution in [3.8, 4) is 0 Å². The quantitative estimate of drug-likeness (QED) is 0.885. The van der Waals surface area contributed by atoms with Gasteiger partial charge in [0.1, 0.15) is 0 Å². The second-order valence-electron chi connectivity index (χ2n) is 6.06. The van der Waals surface area contributed by atoms with Crippen molar-refractivity contribution in [1.29, 1.82) is 0 Å². The highest BCUT2D eigenvalue weighted by atomic mass is 16.3. The Kier molecular flexibility index (Phi) is 3.14. The summed E-state index contributed by atoms with van der Waals surface area (Å²) in [4.78, 5) is 4.54. The molecule has 0 aromatic carbocycles. The van der Waals surface area contributed by atoms with Crippen molar-refractivity contribution in [2.75, 3.05) is 0 Å². The van der Waals surface area contributed by atoms with Crippen LogP contribution in [0.1, 0.15) is 62.6 Å². The molecule has 18 heavy (non-hydrogen) atoms. The molecule has 2 aliphatic rings. The molecule has 0 bridgehead atoms. The second kappa shape index (κ2) is 4.65. The van der Waals surface area contributed by atoms with Gasteiger partial charge >= 0.3 is 0 Å². The first-order valence-corrected chi connectivity index (χ1v) is 7.39. The first-order chi connectivity index (χ1) is 8.77. The highest BCUT2D eigenvalue weighted by molar-refractivity contribution is 5.30. The second-order valence-corrected chi connectivity index (χ2v) is 6.06. The number of hydrogen-bond acceptors (Lipinski definition) is 2. The highest BCUT2D eigenvalue weighted by Crippen LogP contribution is 2.50. The summed E-state index contributed by atoms with van der Waals surface area (Å²) in [5.41, 5.74) is 2.69. The van der Waals surface area contributed by atoms with Crippen LogP contribution in [0.15, 0.2) is 18.3 Å². The zero-order valence-corrected chi connectivity index (χ0v) is 11.2. The Morgan fingerprint density at radius 1 is 1.44 bits per heavy atom. The maximum absolute atomic E-state index is 10.9. The van der Waals surface area contributed by atoms with Crippen molar-refractivity contribution in [3.63, 3.8) is 0 Å². The molecule has 0 amide bonds. The number of aryl methyl sites for hydroxylation is 1. The average Bonchev–Trinajstić information content (AvgIpc) is 3.05. The third-order valence-corrected chi connectivity index (χ3v) is 5.31. The SMILES string of the molecule is CCC1(C(O)C2CCc3cccnc32)CCCC1. The van der Waals surface area contributed by atoms with Gasteiger partial charge in [-0.1, -0.05) is 25.8 Å². The molecule has 2 unspecified atom stereocenters. The lowest BCUT2D eigenvalue weighted by molar-refractivity contribution is 0.00353. The van der Waals surface area contributed by atoms with E-state index >= 15 is 0 Å².